The molecule has 3 aliphatic rings. The zero-order chi connectivity index (χ0) is 34.9. The lowest BCUT2D eigenvalue weighted by atomic mass is 9.20. The van der Waals surface area contributed by atoms with Gasteiger partial charge in [-0.1, -0.05) is 161 Å². The Bertz CT molecular complexity index is 2640. The zero-order valence-corrected chi connectivity index (χ0v) is 29.0. The number of rotatable bonds is 4. The molecule has 0 aromatic heterocycles. The van der Waals surface area contributed by atoms with Crippen LogP contribution in [0.4, 0.5) is 51.2 Å². The zero-order valence-electron chi connectivity index (χ0n) is 29.0. The van der Waals surface area contributed by atoms with Crippen molar-refractivity contribution in [2.45, 2.75) is 0 Å². The van der Waals surface area contributed by atoms with E-state index in [2.05, 4.69) is 215 Å². The van der Waals surface area contributed by atoms with Gasteiger partial charge in [0, 0.05) is 22.7 Å². The number of anilines is 9. The minimum atomic E-state index is 0.0468. The van der Waals surface area contributed by atoms with Gasteiger partial charge in [0.2, 0.25) is 13.4 Å². The summed E-state index contributed by atoms with van der Waals surface area (Å²) in [5.74, 6) is 0. The number of hydrogen-bond donors (Lipinski definition) is 0. The van der Waals surface area contributed by atoms with E-state index in [9.17, 15) is 0 Å². The van der Waals surface area contributed by atoms with E-state index in [0.717, 1.165) is 34.1 Å². The van der Waals surface area contributed by atoms with Crippen molar-refractivity contribution >= 4 is 97.4 Å². The molecular formula is C48H33B2N3. The van der Waals surface area contributed by atoms with E-state index in [1.54, 1.807) is 0 Å². The van der Waals surface area contributed by atoms with Gasteiger partial charge in [0.1, 0.15) is 0 Å². The van der Waals surface area contributed by atoms with Gasteiger partial charge in [-0.3, -0.25) is 0 Å². The molecule has 0 spiro atoms. The Morgan fingerprint density at radius 1 is 0.283 bits per heavy atom. The molecule has 8 aromatic rings. The largest absolute Gasteiger partial charge is 0.309 e. The molecule has 0 unspecified atom stereocenters. The van der Waals surface area contributed by atoms with Crippen molar-refractivity contribution in [3.63, 3.8) is 0 Å². The molecule has 5 heteroatoms. The van der Waals surface area contributed by atoms with Gasteiger partial charge in [0.25, 0.3) is 0 Å². The molecule has 53 heavy (non-hydrogen) atoms. The molecule has 3 aliphatic heterocycles. The van der Waals surface area contributed by atoms with Crippen LogP contribution in [0.25, 0.3) is 0 Å². The number of fused-ring (bicyclic) bond motifs is 7. The van der Waals surface area contributed by atoms with Crippen LogP contribution in [0.2, 0.25) is 0 Å². The van der Waals surface area contributed by atoms with Crippen molar-refractivity contribution in [1.29, 1.82) is 0 Å². The summed E-state index contributed by atoms with van der Waals surface area (Å²) in [5.41, 5.74) is 18.5. The molecule has 0 atom stereocenters. The van der Waals surface area contributed by atoms with Crippen LogP contribution in [0, 0.1) is 0 Å². The number of hydrogen-bond acceptors (Lipinski definition) is 3. The molecule has 0 saturated heterocycles. The molecule has 0 N–H and O–H groups in total. The van der Waals surface area contributed by atoms with Crippen molar-refractivity contribution in [2.75, 3.05) is 14.7 Å². The van der Waals surface area contributed by atoms with E-state index in [1.807, 2.05) is 0 Å². The van der Waals surface area contributed by atoms with Crippen LogP contribution in [-0.2, 0) is 0 Å². The first-order chi connectivity index (χ1) is 26.4. The summed E-state index contributed by atoms with van der Waals surface area (Å²) >= 11 is 0. The first kappa shape index (κ1) is 30.0. The van der Waals surface area contributed by atoms with Gasteiger partial charge in [0.15, 0.2) is 0 Å². The standard InChI is InChI=1S/C48H33B2N3/c1-5-19-34(20-6-1)49-38-27-13-14-28-39(38)50-40-29-15-16-30-42(40)52(36-23-9-3-10-24-36)48-46(50)41(49)33-45-47(48)53(37-25-11-4-12-26-37)44-32-18-17-31-43(44)51(45)35-21-7-2-8-22-35/h1-33H. The normalized spacial score (nSPS) is 13.5. The Morgan fingerprint density at radius 3 is 1.28 bits per heavy atom. The third-order valence-corrected chi connectivity index (χ3v) is 11.3. The quantitative estimate of drug-likeness (QED) is 0.175. The van der Waals surface area contributed by atoms with Crippen LogP contribution in [0.1, 0.15) is 0 Å². The Labute approximate surface area is 311 Å². The summed E-state index contributed by atoms with van der Waals surface area (Å²) in [4.78, 5) is 7.55. The summed E-state index contributed by atoms with van der Waals surface area (Å²) in [7, 11) is 0. The fourth-order valence-corrected chi connectivity index (χ4v) is 9.22. The van der Waals surface area contributed by atoms with Crippen LogP contribution in [0.5, 0.6) is 0 Å². The molecule has 3 heterocycles. The fourth-order valence-electron chi connectivity index (χ4n) is 9.22. The maximum absolute atomic E-state index is 2.55. The Hall–Kier alpha value is -6.71. The van der Waals surface area contributed by atoms with Gasteiger partial charge in [0.05, 0.1) is 28.4 Å². The van der Waals surface area contributed by atoms with Gasteiger partial charge in [-0.25, -0.2) is 0 Å². The molecule has 0 bridgehead atoms. The maximum atomic E-state index is 2.55. The third-order valence-electron chi connectivity index (χ3n) is 11.3. The van der Waals surface area contributed by atoms with E-state index >= 15 is 0 Å². The fraction of sp³-hybridized carbons (Fsp3) is 0. The molecule has 8 aromatic carbocycles. The van der Waals surface area contributed by atoms with Gasteiger partial charge < -0.3 is 14.7 Å². The van der Waals surface area contributed by atoms with Gasteiger partial charge >= 0.3 is 0 Å². The minimum Gasteiger partial charge on any atom is -0.309 e. The van der Waals surface area contributed by atoms with E-state index in [-0.39, 0.29) is 13.4 Å². The van der Waals surface area contributed by atoms with Gasteiger partial charge in [-0.05, 0) is 71.6 Å². The first-order valence-corrected chi connectivity index (χ1v) is 18.4. The molecular weight excluding hydrogens is 640 g/mol. The van der Waals surface area contributed by atoms with E-state index in [1.165, 1.54) is 49.8 Å². The highest BCUT2D eigenvalue weighted by Crippen LogP contribution is 2.58. The van der Waals surface area contributed by atoms with Crippen LogP contribution in [0.15, 0.2) is 200 Å². The average molecular weight is 673 g/mol. The predicted molar refractivity (Wildman–Crippen MR) is 226 cm³/mol. The summed E-state index contributed by atoms with van der Waals surface area (Å²) in [5, 5.41) is 0. The van der Waals surface area contributed by atoms with Crippen LogP contribution >= 0.6 is 0 Å². The molecule has 0 aliphatic carbocycles. The SMILES string of the molecule is c1ccc(B2c3ccccc3B3c4ccccc4N(c4ccccc4)c4c3c2cc2c4N(c3ccccc3)c3ccccc3N2c2ccccc2)cc1. The summed E-state index contributed by atoms with van der Waals surface area (Å²) in [6.07, 6.45) is 0. The Morgan fingerprint density at radius 2 is 0.698 bits per heavy atom. The number of benzene rings is 8. The lowest BCUT2D eigenvalue weighted by Crippen LogP contribution is -2.76. The molecule has 0 amide bonds. The summed E-state index contributed by atoms with van der Waals surface area (Å²) in [6, 6.07) is 73.5. The second kappa shape index (κ2) is 11.9. The van der Waals surface area contributed by atoms with E-state index in [4.69, 9.17) is 0 Å². The second-order valence-corrected chi connectivity index (χ2v) is 14.1. The third kappa shape index (κ3) is 4.44. The van der Waals surface area contributed by atoms with E-state index < -0.39 is 0 Å². The molecule has 0 saturated carbocycles. The van der Waals surface area contributed by atoms with Crippen LogP contribution in [0.3, 0.4) is 0 Å². The predicted octanol–water partition coefficient (Wildman–Crippen LogP) is 8.07. The second-order valence-electron chi connectivity index (χ2n) is 14.1. The molecule has 11 rings (SSSR count). The van der Waals surface area contributed by atoms with Gasteiger partial charge in [-0.2, -0.15) is 0 Å². The molecule has 0 fully saturated rings. The smallest absolute Gasteiger partial charge is 0.245 e. The highest BCUT2D eigenvalue weighted by molar-refractivity contribution is 7.12. The van der Waals surface area contributed by atoms with Gasteiger partial charge in [-0.15, -0.1) is 0 Å². The van der Waals surface area contributed by atoms with Crippen molar-refractivity contribution in [1.82, 2.24) is 0 Å². The van der Waals surface area contributed by atoms with Crippen LogP contribution in [-0.4, -0.2) is 13.4 Å². The highest BCUT2D eigenvalue weighted by atomic mass is 15.3. The summed E-state index contributed by atoms with van der Waals surface area (Å²) < 4.78 is 0. The lowest BCUT2D eigenvalue weighted by Gasteiger charge is -2.48. The Balaban J connectivity index is 1.36. The van der Waals surface area contributed by atoms with E-state index in [0.29, 0.717) is 0 Å². The minimum absolute atomic E-state index is 0.0468. The summed E-state index contributed by atoms with van der Waals surface area (Å²) in [6.45, 7) is 0.100. The Kier molecular flexibility index (Phi) is 6.75. The van der Waals surface area contributed by atoms with Crippen molar-refractivity contribution in [3.8, 4) is 0 Å². The lowest BCUT2D eigenvalue weighted by molar-refractivity contribution is 1.16. The van der Waals surface area contributed by atoms with Crippen molar-refractivity contribution < 1.29 is 0 Å². The van der Waals surface area contributed by atoms with Crippen molar-refractivity contribution in [2.24, 2.45) is 0 Å². The number of nitrogens with zero attached hydrogens (tertiary/aromatic N) is 3. The van der Waals surface area contributed by atoms with Crippen LogP contribution < -0.4 is 47.5 Å². The molecule has 3 nitrogen and oxygen atoms in total. The van der Waals surface area contributed by atoms with Crippen molar-refractivity contribution in [3.05, 3.63) is 200 Å². The topological polar surface area (TPSA) is 9.72 Å². The monoisotopic (exact) mass is 673 g/mol. The number of para-hydroxylation sites is 6. The highest BCUT2D eigenvalue weighted by Gasteiger charge is 2.48. The maximum Gasteiger partial charge on any atom is 0.245 e. The first-order valence-electron chi connectivity index (χ1n) is 18.4. The average Bonchev–Trinajstić information content (AvgIpc) is 3.24. The molecule has 246 valence electrons. The molecule has 0 radical (unpaired) electrons.